The smallest absolute Gasteiger partial charge is 0.137 e. The number of rotatable bonds is 1. The Hall–Kier alpha value is 0.750. The van der Waals surface area contributed by atoms with Crippen molar-refractivity contribution in [3.8, 4) is 0 Å². The van der Waals surface area contributed by atoms with Gasteiger partial charge in [-0.3, -0.25) is 5.32 Å². The second-order valence-electron chi connectivity index (χ2n) is 1.38. The maximum atomic E-state index is 5.03. The predicted octanol–water partition coefficient (Wildman–Crippen LogP) is -0.0705. The van der Waals surface area contributed by atoms with Crippen molar-refractivity contribution in [3.05, 3.63) is 0 Å². The van der Waals surface area contributed by atoms with Crippen LogP contribution in [0.15, 0.2) is 0 Å². The van der Waals surface area contributed by atoms with E-state index in [-0.39, 0.29) is 28.6 Å². The molecule has 1 heterocycles. The summed E-state index contributed by atoms with van der Waals surface area (Å²) in [5.41, 5.74) is 0. The van der Waals surface area contributed by atoms with Gasteiger partial charge in [-0.15, -0.1) is 0 Å². The van der Waals surface area contributed by atoms with Crippen molar-refractivity contribution in [2.75, 3.05) is 13.2 Å². The van der Waals surface area contributed by atoms with E-state index in [2.05, 4.69) is 17.5 Å². The average molecular weight is 225 g/mol. The molecule has 1 atom stereocenters. The van der Waals surface area contributed by atoms with Crippen molar-refractivity contribution in [1.82, 2.24) is 5.32 Å². The van der Waals surface area contributed by atoms with Crippen LogP contribution in [0.25, 0.3) is 0 Å². The molecule has 51 valence electrons. The van der Waals surface area contributed by atoms with Crippen molar-refractivity contribution in [2.45, 2.75) is 6.23 Å². The monoisotopic (exact) mass is 224 g/mol. The summed E-state index contributed by atoms with van der Waals surface area (Å²) in [6.45, 7) is 1.72. The van der Waals surface area contributed by atoms with Crippen LogP contribution in [-0.2, 0) is 27.1 Å². The van der Waals surface area contributed by atoms with Crippen molar-refractivity contribution in [2.24, 2.45) is 0 Å². The van der Waals surface area contributed by atoms with Crippen molar-refractivity contribution < 1.29 is 27.1 Å². The normalized spacial score (nSPS) is 26.8. The Morgan fingerprint density at radius 3 is 2.75 bits per heavy atom. The molecule has 1 rings (SSSR count). The van der Waals surface area contributed by atoms with Gasteiger partial charge in [-0.05, 0) is 0 Å². The van der Waals surface area contributed by atoms with E-state index in [1.165, 1.54) is 0 Å². The van der Waals surface area contributed by atoms with E-state index in [1.807, 2.05) is 0 Å². The number of hydrogen-bond donors (Lipinski definition) is 1. The number of hydrogen-bond acceptors (Lipinski definition) is 3. The minimum atomic E-state index is 0. The first-order valence-corrected chi connectivity index (χ1v) is 2.71. The molecule has 4 heteroatoms. The Balaban J connectivity index is 0.000000490. The Labute approximate surface area is 69.5 Å². The van der Waals surface area contributed by atoms with Crippen molar-refractivity contribution in [3.63, 3.8) is 0 Å². The summed E-state index contributed by atoms with van der Waals surface area (Å²) in [5.74, 6) is 0. The maximum Gasteiger partial charge on any atom is 0.137 e. The fourth-order valence-corrected chi connectivity index (χ4v) is 0.708. The second kappa shape index (κ2) is 4.61. The maximum absolute atomic E-state index is 5.03. The molecule has 0 bridgehead atoms. The standard InChI is InChI=1S/C4H7NOS.Ag/c7-3-4-5-1-2-6-4;/h3-5H,1-2H2;. The van der Waals surface area contributed by atoms with Crippen LogP contribution in [0.3, 0.4) is 0 Å². The average Bonchev–Trinajstić information content (AvgIpc) is 2.14. The van der Waals surface area contributed by atoms with Crippen LogP contribution in [0.2, 0.25) is 0 Å². The number of ether oxygens (including phenoxy) is 1. The van der Waals surface area contributed by atoms with Gasteiger partial charge in [-0.25, -0.2) is 0 Å². The molecule has 1 aliphatic heterocycles. The molecule has 0 saturated carbocycles. The summed E-state index contributed by atoms with van der Waals surface area (Å²) in [7, 11) is 0. The van der Waals surface area contributed by atoms with E-state index in [0.717, 1.165) is 13.2 Å². The van der Waals surface area contributed by atoms with Crippen molar-refractivity contribution in [1.29, 1.82) is 0 Å². The molecular weight excluding hydrogens is 218 g/mol. The molecule has 0 aromatic rings. The van der Waals surface area contributed by atoms with Gasteiger partial charge in [0.05, 0.1) is 6.61 Å². The minimum Gasteiger partial charge on any atom is -0.358 e. The Bertz CT molecular complexity index is 74.4. The molecule has 1 radical (unpaired) electrons. The second-order valence-corrected chi connectivity index (χ2v) is 1.65. The summed E-state index contributed by atoms with van der Waals surface area (Å²) < 4.78 is 5.03. The van der Waals surface area contributed by atoms with Crippen LogP contribution in [0.5, 0.6) is 0 Å². The molecule has 1 aliphatic rings. The van der Waals surface area contributed by atoms with Crippen LogP contribution in [0.4, 0.5) is 0 Å². The predicted molar refractivity (Wildman–Crippen MR) is 31.4 cm³/mol. The third-order valence-electron chi connectivity index (χ3n) is 0.869. The van der Waals surface area contributed by atoms with Crippen molar-refractivity contribution >= 4 is 17.6 Å². The fourth-order valence-electron chi connectivity index (χ4n) is 0.533. The topological polar surface area (TPSA) is 21.3 Å². The fraction of sp³-hybridized carbons (Fsp3) is 0.750. The van der Waals surface area contributed by atoms with Crippen LogP contribution in [-0.4, -0.2) is 24.7 Å². The Kier molecular flexibility index (Phi) is 5.04. The van der Waals surface area contributed by atoms with Crippen LogP contribution in [0, 0.1) is 0 Å². The van der Waals surface area contributed by atoms with Crippen LogP contribution >= 0.6 is 12.2 Å². The summed E-state index contributed by atoms with van der Waals surface area (Å²) >= 11 is 4.60. The molecule has 1 unspecified atom stereocenters. The molecular formula is C4H7AgNOS. The molecule has 1 fully saturated rings. The Morgan fingerprint density at radius 2 is 2.50 bits per heavy atom. The van der Waals surface area contributed by atoms with Gasteiger partial charge in [0.15, 0.2) is 0 Å². The van der Waals surface area contributed by atoms with Crippen LogP contribution < -0.4 is 5.32 Å². The summed E-state index contributed by atoms with van der Waals surface area (Å²) in [4.78, 5) is 0. The summed E-state index contributed by atoms with van der Waals surface area (Å²) in [6.07, 6.45) is 0.0370. The number of thiocarbonyl (C=S) groups is 1. The minimum absolute atomic E-state index is 0. The van der Waals surface area contributed by atoms with Gasteiger partial charge in [0, 0.05) is 34.3 Å². The third kappa shape index (κ3) is 2.35. The first kappa shape index (κ1) is 8.75. The molecule has 0 aromatic carbocycles. The Morgan fingerprint density at radius 1 is 1.75 bits per heavy atom. The first-order valence-electron chi connectivity index (χ1n) is 2.24. The molecule has 0 spiro atoms. The van der Waals surface area contributed by atoms with Gasteiger partial charge in [0.2, 0.25) is 0 Å². The molecule has 0 aromatic heterocycles. The zero-order valence-electron chi connectivity index (χ0n) is 4.19. The summed E-state index contributed by atoms with van der Waals surface area (Å²) in [5, 5.41) is 4.61. The van der Waals surface area contributed by atoms with Gasteiger partial charge in [0.25, 0.3) is 0 Å². The van der Waals surface area contributed by atoms with Crippen LogP contribution in [0.1, 0.15) is 0 Å². The van der Waals surface area contributed by atoms with Gasteiger partial charge in [-0.2, -0.15) is 0 Å². The first-order chi connectivity index (χ1) is 3.43. The molecule has 0 aliphatic carbocycles. The molecule has 1 saturated heterocycles. The van der Waals surface area contributed by atoms with E-state index in [9.17, 15) is 0 Å². The largest absolute Gasteiger partial charge is 0.358 e. The van der Waals surface area contributed by atoms with Gasteiger partial charge in [0.1, 0.15) is 6.23 Å². The van der Waals surface area contributed by atoms with Gasteiger partial charge >= 0.3 is 0 Å². The zero-order valence-corrected chi connectivity index (χ0v) is 6.49. The van der Waals surface area contributed by atoms with E-state index in [4.69, 9.17) is 4.74 Å². The summed E-state index contributed by atoms with van der Waals surface area (Å²) in [6, 6.07) is 0. The molecule has 0 amide bonds. The van der Waals surface area contributed by atoms with Gasteiger partial charge in [-0.1, -0.05) is 12.2 Å². The molecule has 1 N–H and O–H groups in total. The van der Waals surface area contributed by atoms with Gasteiger partial charge < -0.3 is 4.74 Å². The molecule has 8 heavy (non-hydrogen) atoms. The third-order valence-corrected chi connectivity index (χ3v) is 1.12. The van der Waals surface area contributed by atoms with E-state index >= 15 is 0 Å². The number of nitrogens with one attached hydrogen (secondary N) is 1. The SMILES string of the molecule is S=CC1NCCO1.[Ag]. The van der Waals surface area contributed by atoms with E-state index < -0.39 is 0 Å². The molecule has 2 nitrogen and oxygen atoms in total. The van der Waals surface area contributed by atoms with E-state index in [0.29, 0.717) is 0 Å². The zero-order chi connectivity index (χ0) is 5.11. The van der Waals surface area contributed by atoms with E-state index in [1.54, 1.807) is 5.37 Å². The quantitative estimate of drug-likeness (QED) is 0.498.